The Balaban J connectivity index is 1.94. The second-order valence-electron chi connectivity index (χ2n) is 8.60. The highest BCUT2D eigenvalue weighted by atomic mass is 28.4. The fraction of sp³-hybridized carbons (Fsp3) is 0.417. The highest BCUT2D eigenvalue weighted by molar-refractivity contribution is 6.99. The van der Waals surface area contributed by atoms with Crippen molar-refractivity contribution in [2.24, 2.45) is 0 Å². The Morgan fingerprint density at radius 2 is 1.61 bits per heavy atom. The maximum Gasteiger partial charge on any atom is 0.261 e. The van der Waals surface area contributed by atoms with Gasteiger partial charge >= 0.3 is 0 Å². The van der Waals surface area contributed by atoms with Gasteiger partial charge in [0, 0.05) is 6.42 Å². The van der Waals surface area contributed by atoms with Crippen molar-refractivity contribution >= 4 is 18.7 Å². The van der Waals surface area contributed by atoms with Crippen LogP contribution in [-0.4, -0.2) is 38.3 Å². The lowest BCUT2D eigenvalue weighted by atomic mass is 10.1. The Bertz CT molecular complexity index is 715. The summed E-state index contributed by atoms with van der Waals surface area (Å²) >= 11 is 0. The maximum absolute atomic E-state index is 10.3. The predicted octanol–water partition coefficient (Wildman–Crippen LogP) is 3.66. The summed E-state index contributed by atoms with van der Waals surface area (Å²) < 4.78 is 13.0. The van der Waals surface area contributed by atoms with Gasteiger partial charge in [-0.05, 0) is 21.8 Å². The van der Waals surface area contributed by atoms with Gasteiger partial charge in [-0.15, -0.1) is 6.58 Å². The molecule has 0 aliphatic carbocycles. The topological polar surface area (TPSA) is 38.7 Å². The normalized spacial score (nSPS) is 22.9. The zero-order chi connectivity index (χ0) is 20.2. The van der Waals surface area contributed by atoms with E-state index < -0.39 is 14.4 Å². The van der Waals surface area contributed by atoms with Gasteiger partial charge in [0.05, 0.1) is 24.9 Å². The van der Waals surface area contributed by atoms with Crippen LogP contribution < -0.4 is 10.4 Å². The van der Waals surface area contributed by atoms with Gasteiger partial charge < -0.3 is 14.3 Å². The molecule has 1 aliphatic rings. The van der Waals surface area contributed by atoms with Crippen LogP contribution in [0.1, 0.15) is 33.6 Å². The van der Waals surface area contributed by atoms with Crippen molar-refractivity contribution in [2.75, 3.05) is 6.61 Å². The van der Waals surface area contributed by atoms with Gasteiger partial charge in [-0.3, -0.25) is 0 Å². The summed E-state index contributed by atoms with van der Waals surface area (Å²) in [6, 6.07) is 21.2. The molecule has 3 atom stereocenters. The highest BCUT2D eigenvalue weighted by Crippen LogP contribution is 2.37. The number of hydrogen-bond acceptors (Lipinski definition) is 3. The molecule has 0 unspecified atom stereocenters. The zero-order valence-corrected chi connectivity index (χ0v) is 18.2. The number of hydrogen-bond donors (Lipinski definition) is 1. The standard InChI is InChI=1S/C24H32O3Si/c1-5-12-23-22(25)17-19(27-23)18-26-28(24(2,3)4,20-13-8-6-9-14-20)21-15-10-7-11-16-21/h5-11,13-16,19,22-23,25H,1,12,17-18H2,2-4H3/t19-,22+,23+/m0/s1. The van der Waals surface area contributed by atoms with Gasteiger partial charge in [-0.25, -0.2) is 0 Å². The van der Waals surface area contributed by atoms with E-state index >= 15 is 0 Å². The van der Waals surface area contributed by atoms with E-state index in [0.29, 0.717) is 19.4 Å². The van der Waals surface area contributed by atoms with Crippen molar-refractivity contribution < 1.29 is 14.3 Å². The van der Waals surface area contributed by atoms with Crippen LogP contribution in [0, 0.1) is 0 Å². The van der Waals surface area contributed by atoms with Gasteiger partial charge in [0.2, 0.25) is 0 Å². The van der Waals surface area contributed by atoms with Crippen molar-refractivity contribution in [1.29, 1.82) is 0 Å². The van der Waals surface area contributed by atoms with Crippen LogP contribution in [-0.2, 0) is 9.16 Å². The van der Waals surface area contributed by atoms with Gasteiger partial charge in [0.25, 0.3) is 8.32 Å². The van der Waals surface area contributed by atoms with E-state index in [9.17, 15) is 5.11 Å². The number of aliphatic hydroxyl groups is 1. The average molecular weight is 397 g/mol. The lowest BCUT2D eigenvalue weighted by molar-refractivity contribution is -0.00474. The molecule has 0 saturated carbocycles. The SMILES string of the molecule is C=CC[C@H]1O[C@H](CO[Si](c2ccccc2)(c2ccccc2)C(C)(C)C)C[C@H]1O. The van der Waals surface area contributed by atoms with Crippen molar-refractivity contribution in [2.45, 2.75) is 57.0 Å². The lowest BCUT2D eigenvalue weighted by Gasteiger charge is -2.43. The van der Waals surface area contributed by atoms with Crippen LogP contribution in [0.3, 0.4) is 0 Å². The van der Waals surface area contributed by atoms with Crippen LogP contribution >= 0.6 is 0 Å². The average Bonchev–Trinajstić information content (AvgIpc) is 3.03. The van der Waals surface area contributed by atoms with Crippen LogP contribution in [0.25, 0.3) is 0 Å². The molecule has 1 aliphatic heterocycles. The molecule has 0 aromatic heterocycles. The summed E-state index contributed by atoms with van der Waals surface area (Å²) in [7, 11) is -2.56. The molecular formula is C24H32O3Si. The molecule has 1 N–H and O–H groups in total. The van der Waals surface area contributed by atoms with E-state index in [1.807, 2.05) is 12.1 Å². The second kappa shape index (κ2) is 8.74. The monoisotopic (exact) mass is 396 g/mol. The molecule has 2 aromatic carbocycles. The van der Waals surface area contributed by atoms with Gasteiger partial charge in [0.15, 0.2) is 0 Å². The van der Waals surface area contributed by atoms with Gasteiger partial charge in [-0.1, -0.05) is 87.5 Å². The molecule has 0 radical (unpaired) electrons. The largest absolute Gasteiger partial charge is 0.405 e. The molecule has 4 heteroatoms. The minimum atomic E-state index is -2.56. The molecule has 150 valence electrons. The highest BCUT2D eigenvalue weighted by Gasteiger charge is 2.50. The summed E-state index contributed by atoms with van der Waals surface area (Å²) in [6.45, 7) is 11.1. The fourth-order valence-electron chi connectivity index (χ4n) is 4.28. The molecule has 0 bridgehead atoms. The summed E-state index contributed by atoms with van der Waals surface area (Å²) in [6.07, 6.45) is 2.35. The fourth-order valence-corrected chi connectivity index (χ4v) is 8.87. The third-order valence-corrected chi connectivity index (χ3v) is 10.6. The Labute approximate surface area is 170 Å². The smallest absolute Gasteiger partial charge is 0.261 e. The summed E-state index contributed by atoms with van der Waals surface area (Å²) in [4.78, 5) is 0. The molecule has 1 heterocycles. The molecular weight excluding hydrogens is 364 g/mol. The van der Waals surface area contributed by atoms with E-state index in [4.69, 9.17) is 9.16 Å². The van der Waals surface area contributed by atoms with Crippen LogP contribution in [0.2, 0.25) is 5.04 Å². The minimum absolute atomic E-state index is 0.0621. The first-order valence-electron chi connectivity index (χ1n) is 10.1. The maximum atomic E-state index is 10.3. The summed E-state index contributed by atoms with van der Waals surface area (Å²) in [5, 5.41) is 12.8. The molecule has 3 rings (SSSR count). The Hall–Kier alpha value is -1.72. The van der Waals surface area contributed by atoms with E-state index in [1.165, 1.54) is 10.4 Å². The first-order valence-corrected chi connectivity index (χ1v) is 12.0. The Morgan fingerprint density at radius 3 is 2.07 bits per heavy atom. The van der Waals surface area contributed by atoms with E-state index in [-0.39, 0.29) is 17.2 Å². The molecule has 0 spiro atoms. The van der Waals surface area contributed by atoms with Crippen LogP contribution in [0.4, 0.5) is 0 Å². The van der Waals surface area contributed by atoms with Crippen molar-refractivity contribution in [1.82, 2.24) is 0 Å². The van der Waals surface area contributed by atoms with Crippen molar-refractivity contribution in [3.8, 4) is 0 Å². The quantitative estimate of drug-likeness (QED) is 0.573. The molecule has 3 nitrogen and oxygen atoms in total. The molecule has 0 amide bonds. The zero-order valence-electron chi connectivity index (χ0n) is 17.2. The number of aliphatic hydroxyl groups excluding tert-OH is 1. The van der Waals surface area contributed by atoms with E-state index in [2.05, 4.69) is 75.9 Å². The second-order valence-corrected chi connectivity index (χ2v) is 12.9. The first kappa shape index (κ1) is 21.0. The summed E-state index contributed by atoms with van der Waals surface area (Å²) in [5.41, 5.74) is 0. The number of rotatable bonds is 7. The minimum Gasteiger partial charge on any atom is -0.405 e. The predicted molar refractivity (Wildman–Crippen MR) is 118 cm³/mol. The number of benzene rings is 2. The summed E-state index contributed by atoms with van der Waals surface area (Å²) in [5.74, 6) is 0. The lowest BCUT2D eigenvalue weighted by Crippen LogP contribution is -2.67. The molecule has 28 heavy (non-hydrogen) atoms. The van der Waals surface area contributed by atoms with Crippen molar-refractivity contribution in [3.63, 3.8) is 0 Å². The molecule has 2 aromatic rings. The van der Waals surface area contributed by atoms with Crippen molar-refractivity contribution in [3.05, 3.63) is 73.3 Å². The third kappa shape index (κ3) is 4.15. The van der Waals surface area contributed by atoms with Gasteiger partial charge in [-0.2, -0.15) is 0 Å². The molecule has 1 saturated heterocycles. The number of ether oxygens (including phenoxy) is 1. The van der Waals surface area contributed by atoms with E-state index in [1.54, 1.807) is 6.08 Å². The third-order valence-electron chi connectivity index (χ3n) is 5.60. The van der Waals surface area contributed by atoms with Gasteiger partial charge in [0.1, 0.15) is 0 Å². The Kier molecular flexibility index (Phi) is 6.56. The Morgan fingerprint density at radius 1 is 1.07 bits per heavy atom. The van der Waals surface area contributed by atoms with E-state index in [0.717, 1.165) is 0 Å². The first-order chi connectivity index (χ1) is 13.4. The van der Waals surface area contributed by atoms with Crippen LogP contribution in [0.15, 0.2) is 73.3 Å². The molecule has 1 fully saturated rings. The van der Waals surface area contributed by atoms with Crippen LogP contribution in [0.5, 0.6) is 0 Å².